The molecule has 0 aliphatic carbocycles. The number of nitrogens with one attached hydrogen (secondary N) is 1. The van der Waals surface area contributed by atoms with E-state index in [1.807, 2.05) is 30.3 Å². The molecule has 0 unspecified atom stereocenters. The van der Waals surface area contributed by atoms with Crippen LogP contribution in [0.3, 0.4) is 0 Å². The van der Waals surface area contributed by atoms with E-state index in [4.69, 9.17) is 10.5 Å². The van der Waals surface area contributed by atoms with Gasteiger partial charge in [0, 0.05) is 31.9 Å². The highest BCUT2D eigenvalue weighted by Crippen LogP contribution is 2.18. The number of unbranched alkanes of at least 4 members (excludes halogenated alkanes) is 1. The molecule has 1 heterocycles. The maximum atomic E-state index is 5.84. The molecule has 0 saturated carbocycles. The molecule has 2 aromatic rings. The Morgan fingerprint density at radius 1 is 1.15 bits per heavy atom. The molecule has 0 saturated heterocycles. The first-order valence-electron chi connectivity index (χ1n) is 6.72. The van der Waals surface area contributed by atoms with Gasteiger partial charge in [-0.05, 0) is 12.8 Å². The van der Waals surface area contributed by atoms with Gasteiger partial charge in [0.1, 0.15) is 11.6 Å². The van der Waals surface area contributed by atoms with Crippen LogP contribution < -0.4 is 11.1 Å². The van der Waals surface area contributed by atoms with E-state index in [2.05, 4.69) is 15.3 Å². The third kappa shape index (κ3) is 4.20. The first kappa shape index (κ1) is 14.3. The number of nitrogens with zero attached hydrogens (tertiary/aromatic N) is 2. The second-order valence-electron chi connectivity index (χ2n) is 4.49. The fourth-order valence-corrected chi connectivity index (χ4v) is 1.86. The lowest BCUT2D eigenvalue weighted by atomic mass is 10.2. The van der Waals surface area contributed by atoms with Crippen LogP contribution >= 0.6 is 0 Å². The summed E-state index contributed by atoms with van der Waals surface area (Å²) in [6.45, 7) is 1.62. The van der Waals surface area contributed by atoms with Crippen molar-refractivity contribution in [2.75, 3.05) is 31.3 Å². The Bertz CT molecular complexity index is 531. The van der Waals surface area contributed by atoms with Crippen LogP contribution in [-0.2, 0) is 4.74 Å². The molecule has 0 aliphatic heterocycles. The number of hydrogen-bond donors (Lipinski definition) is 2. The molecule has 1 aromatic heterocycles. The maximum Gasteiger partial charge on any atom is 0.163 e. The number of nitrogen functional groups attached to an aromatic ring is 1. The summed E-state index contributed by atoms with van der Waals surface area (Å²) in [7, 11) is 1.71. The number of benzene rings is 1. The summed E-state index contributed by atoms with van der Waals surface area (Å²) in [4.78, 5) is 8.76. The predicted octanol–water partition coefficient (Wildman–Crippen LogP) is 2.56. The summed E-state index contributed by atoms with van der Waals surface area (Å²) in [5.41, 5.74) is 6.80. The molecule has 0 spiro atoms. The molecule has 20 heavy (non-hydrogen) atoms. The lowest BCUT2D eigenvalue weighted by Gasteiger charge is -2.08. The van der Waals surface area contributed by atoms with Crippen LogP contribution in [0.25, 0.3) is 11.4 Å². The van der Waals surface area contributed by atoms with E-state index in [1.54, 1.807) is 13.2 Å². The third-order valence-corrected chi connectivity index (χ3v) is 2.86. The molecule has 0 bridgehead atoms. The SMILES string of the molecule is COCCCCNc1cc(N)nc(-c2ccccc2)n1. The fourth-order valence-electron chi connectivity index (χ4n) is 1.86. The van der Waals surface area contributed by atoms with Crippen molar-refractivity contribution < 1.29 is 4.74 Å². The molecule has 2 rings (SSSR count). The molecule has 0 amide bonds. The van der Waals surface area contributed by atoms with Crippen LogP contribution in [0.4, 0.5) is 11.6 Å². The first-order chi connectivity index (χ1) is 9.79. The van der Waals surface area contributed by atoms with E-state index >= 15 is 0 Å². The fraction of sp³-hybridized carbons (Fsp3) is 0.333. The average Bonchev–Trinajstić information content (AvgIpc) is 2.47. The van der Waals surface area contributed by atoms with E-state index < -0.39 is 0 Å². The highest BCUT2D eigenvalue weighted by Gasteiger charge is 2.04. The predicted molar refractivity (Wildman–Crippen MR) is 81.5 cm³/mol. The largest absolute Gasteiger partial charge is 0.385 e. The van der Waals surface area contributed by atoms with Crippen molar-refractivity contribution in [1.82, 2.24) is 9.97 Å². The number of aromatic nitrogens is 2. The molecular formula is C15H20N4O. The lowest BCUT2D eigenvalue weighted by molar-refractivity contribution is 0.194. The van der Waals surface area contributed by atoms with Gasteiger partial charge in [-0.3, -0.25) is 0 Å². The molecule has 5 nitrogen and oxygen atoms in total. The molecule has 106 valence electrons. The van der Waals surface area contributed by atoms with Crippen LogP contribution in [0, 0.1) is 0 Å². The van der Waals surface area contributed by atoms with Crippen molar-refractivity contribution in [1.29, 1.82) is 0 Å². The van der Waals surface area contributed by atoms with E-state index in [1.165, 1.54) is 0 Å². The first-order valence-corrected chi connectivity index (χ1v) is 6.72. The van der Waals surface area contributed by atoms with Crippen LogP contribution in [0.1, 0.15) is 12.8 Å². The quantitative estimate of drug-likeness (QED) is 0.758. The molecule has 0 atom stereocenters. The van der Waals surface area contributed by atoms with Gasteiger partial charge in [0.15, 0.2) is 5.82 Å². The van der Waals surface area contributed by atoms with Crippen molar-refractivity contribution in [3.63, 3.8) is 0 Å². The Labute approximate surface area is 119 Å². The van der Waals surface area contributed by atoms with Crippen LogP contribution in [0.15, 0.2) is 36.4 Å². The lowest BCUT2D eigenvalue weighted by Crippen LogP contribution is -2.07. The van der Waals surface area contributed by atoms with Crippen molar-refractivity contribution in [2.45, 2.75) is 12.8 Å². The maximum absolute atomic E-state index is 5.84. The summed E-state index contributed by atoms with van der Waals surface area (Å²) < 4.78 is 5.02. The van der Waals surface area contributed by atoms with Gasteiger partial charge in [0.05, 0.1) is 0 Å². The second kappa shape index (κ2) is 7.45. The number of anilines is 2. The minimum Gasteiger partial charge on any atom is -0.385 e. The van der Waals surface area contributed by atoms with Gasteiger partial charge in [-0.2, -0.15) is 0 Å². The van der Waals surface area contributed by atoms with E-state index in [-0.39, 0.29) is 0 Å². The minimum atomic E-state index is 0.471. The molecule has 3 N–H and O–H groups in total. The number of methoxy groups -OCH3 is 1. The van der Waals surface area contributed by atoms with E-state index in [0.717, 1.165) is 37.4 Å². The molecule has 0 radical (unpaired) electrons. The number of ether oxygens (including phenoxy) is 1. The standard InChI is InChI=1S/C15H20N4O/c1-20-10-6-5-9-17-14-11-13(16)18-15(19-14)12-7-3-2-4-8-12/h2-4,7-8,11H,5-6,9-10H2,1H3,(H3,16,17,18,19). The van der Waals surface area contributed by atoms with Gasteiger partial charge in [-0.25, -0.2) is 9.97 Å². The average molecular weight is 272 g/mol. The zero-order valence-corrected chi connectivity index (χ0v) is 11.7. The Kier molecular flexibility index (Phi) is 5.32. The van der Waals surface area contributed by atoms with Gasteiger partial charge >= 0.3 is 0 Å². The highest BCUT2D eigenvalue weighted by atomic mass is 16.5. The molecule has 0 aliphatic rings. The van der Waals surface area contributed by atoms with E-state index in [0.29, 0.717) is 11.6 Å². The van der Waals surface area contributed by atoms with Crippen LogP contribution in [0.5, 0.6) is 0 Å². The summed E-state index contributed by atoms with van der Waals surface area (Å²) in [6.07, 6.45) is 2.05. The molecular weight excluding hydrogens is 252 g/mol. The third-order valence-electron chi connectivity index (χ3n) is 2.86. The second-order valence-corrected chi connectivity index (χ2v) is 4.49. The van der Waals surface area contributed by atoms with Gasteiger partial charge in [-0.15, -0.1) is 0 Å². The molecule has 0 fully saturated rings. The summed E-state index contributed by atoms with van der Waals surface area (Å²) >= 11 is 0. The Hall–Kier alpha value is -2.14. The highest BCUT2D eigenvalue weighted by molar-refractivity contribution is 5.60. The molecule has 1 aromatic carbocycles. The topological polar surface area (TPSA) is 73.1 Å². The minimum absolute atomic E-state index is 0.471. The van der Waals surface area contributed by atoms with Crippen molar-refractivity contribution in [3.05, 3.63) is 36.4 Å². The number of rotatable bonds is 7. The van der Waals surface area contributed by atoms with Crippen molar-refractivity contribution in [2.24, 2.45) is 0 Å². The Morgan fingerprint density at radius 3 is 2.70 bits per heavy atom. The summed E-state index contributed by atoms with van der Waals surface area (Å²) in [6, 6.07) is 11.6. The number of nitrogens with two attached hydrogens (primary N) is 1. The van der Waals surface area contributed by atoms with Crippen LogP contribution in [0.2, 0.25) is 0 Å². The van der Waals surface area contributed by atoms with Gasteiger partial charge in [0.25, 0.3) is 0 Å². The van der Waals surface area contributed by atoms with Gasteiger partial charge in [0.2, 0.25) is 0 Å². The van der Waals surface area contributed by atoms with Gasteiger partial charge < -0.3 is 15.8 Å². The summed E-state index contributed by atoms with van der Waals surface area (Å²) in [5, 5.41) is 3.27. The van der Waals surface area contributed by atoms with Crippen molar-refractivity contribution in [3.8, 4) is 11.4 Å². The smallest absolute Gasteiger partial charge is 0.163 e. The number of hydrogen-bond acceptors (Lipinski definition) is 5. The monoisotopic (exact) mass is 272 g/mol. The van der Waals surface area contributed by atoms with E-state index in [9.17, 15) is 0 Å². The molecule has 5 heteroatoms. The Morgan fingerprint density at radius 2 is 1.95 bits per heavy atom. The Balaban J connectivity index is 2.02. The zero-order valence-electron chi connectivity index (χ0n) is 11.7. The van der Waals surface area contributed by atoms with Gasteiger partial charge in [-0.1, -0.05) is 30.3 Å². The van der Waals surface area contributed by atoms with Crippen LogP contribution in [-0.4, -0.2) is 30.2 Å². The van der Waals surface area contributed by atoms with Crippen molar-refractivity contribution >= 4 is 11.6 Å². The summed E-state index contributed by atoms with van der Waals surface area (Å²) in [5.74, 6) is 1.87. The normalized spacial score (nSPS) is 10.4. The zero-order chi connectivity index (χ0) is 14.2.